The van der Waals surface area contributed by atoms with Gasteiger partial charge in [-0.2, -0.15) is 0 Å². The highest BCUT2D eigenvalue weighted by Gasteiger charge is 2.53. The van der Waals surface area contributed by atoms with Crippen LogP contribution in [-0.2, 0) is 19.9 Å². The van der Waals surface area contributed by atoms with Crippen LogP contribution in [0.2, 0.25) is 0 Å². The third-order valence-corrected chi connectivity index (χ3v) is 11.4. The van der Waals surface area contributed by atoms with E-state index in [0.29, 0.717) is 36.3 Å². The number of benzene rings is 5. The van der Waals surface area contributed by atoms with Crippen LogP contribution in [0.1, 0.15) is 71.3 Å². The minimum absolute atomic E-state index is 0.101. The molecule has 1 saturated heterocycles. The van der Waals surface area contributed by atoms with Crippen LogP contribution in [0, 0.1) is 0 Å². The van der Waals surface area contributed by atoms with Gasteiger partial charge in [-0.15, -0.1) is 5.10 Å². The van der Waals surface area contributed by atoms with Gasteiger partial charge in [0.05, 0.1) is 13.2 Å². The van der Waals surface area contributed by atoms with Crippen molar-refractivity contribution < 1.29 is 19.1 Å². The van der Waals surface area contributed by atoms with Crippen molar-refractivity contribution >= 4 is 17.7 Å². The average Bonchev–Trinajstić information content (AvgIpc) is 3.98. The lowest BCUT2D eigenvalue weighted by Gasteiger charge is -2.39. The fourth-order valence-electron chi connectivity index (χ4n) is 8.58. The van der Waals surface area contributed by atoms with E-state index < -0.39 is 23.2 Å². The number of nitrogens with zero attached hydrogens (tertiary/aromatic N) is 6. The molecule has 0 spiro atoms. The number of carbonyl (C=O) groups is 3. The van der Waals surface area contributed by atoms with Crippen molar-refractivity contribution in [2.24, 2.45) is 0 Å². The number of pyridine rings is 1. The second kappa shape index (κ2) is 17.4. The summed E-state index contributed by atoms with van der Waals surface area (Å²) in [6, 6.07) is 48.8. The molecule has 0 unspecified atom stereocenters. The van der Waals surface area contributed by atoms with Gasteiger partial charge in [-0.25, -0.2) is 9.48 Å². The molecule has 0 bridgehead atoms. The molecule has 7 aromatic rings. The van der Waals surface area contributed by atoms with Crippen molar-refractivity contribution in [2.75, 3.05) is 13.7 Å². The lowest BCUT2D eigenvalue weighted by atomic mass is 9.77. The number of esters is 1. The molecule has 1 aliphatic heterocycles. The van der Waals surface area contributed by atoms with Crippen LogP contribution in [0.4, 0.5) is 0 Å². The van der Waals surface area contributed by atoms with Crippen molar-refractivity contribution in [1.29, 1.82) is 0 Å². The Kier molecular flexibility index (Phi) is 11.5. The van der Waals surface area contributed by atoms with Gasteiger partial charge in [0.1, 0.15) is 5.54 Å². The van der Waals surface area contributed by atoms with Gasteiger partial charge < -0.3 is 9.64 Å². The number of methoxy groups -OCH3 is 1. The van der Waals surface area contributed by atoms with E-state index in [4.69, 9.17) is 15.0 Å². The zero-order chi connectivity index (χ0) is 41.5. The highest BCUT2D eigenvalue weighted by molar-refractivity contribution is 5.99. The zero-order valence-electron chi connectivity index (χ0n) is 33.5. The maximum Gasteiger partial charge on any atom is 0.347 e. The van der Waals surface area contributed by atoms with E-state index in [-0.39, 0.29) is 24.5 Å². The summed E-state index contributed by atoms with van der Waals surface area (Å²) in [4.78, 5) is 47.2. The molecule has 2 atom stereocenters. The second-order valence-corrected chi connectivity index (χ2v) is 14.8. The summed E-state index contributed by atoms with van der Waals surface area (Å²) in [7, 11) is 1.30. The van der Waals surface area contributed by atoms with Gasteiger partial charge in [-0.1, -0.05) is 146 Å². The van der Waals surface area contributed by atoms with Crippen LogP contribution in [0.5, 0.6) is 0 Å². The van der Waals surface area contributed by atoms with Crippen molar-refractivity contribution in [3.05, 3.63) is 192 Å². The molecule has 2 aromatic heterocycles. The number of tetrazole rings is 1. The van der Waals surface area contributed by atoms with Crippen LogP contribution in [0.25, 0.3) is 22.5 Å². The van der Waals surface area contributed by atoms with Gasteiger partial charge in [0.25, 0.3) is 5.91 Å². The Morgan fingerprint density at radius 2 is 1.32 bits per heavy atom. The Labute approximate surface area is 349 Å². The maximum atomic E-state index is 14.0. The van der Waals surface area contributed by atoms with Gasteiger partial charge in [0.2, 0.25) is 0 Å². The minimum atomic E-state index is -1.56. The van der Waals surface area contributed by atoms with Gasteiger partial charge >= 0.3 is 5.97 Å². The van der Waals surface area contributed by atoms with Crippen molar-refractivity contribution in [1.82, 2.24) is 35.4 Å². The maximum absolute atomic E-state index is 14.0. The summed E-state index contributed by atoms with van der Waals surface area (Å²) in [6.07, 6.45) is 4.78. The number of hydrogen-bond acceptors (Lipinski definition) is 9. The third kappa shape index (κ3) is 7.17. The topological polar surface area (TPSA) is 132 Å². The van der Waals surface area contributed by atoms with Crippen molar-refractivity contribution in [3.8, 4) is 22.5 Å². The predicted octanol–water partition coefficient (Wildman–Crippen LogP) is 8.05. The molecule has 0 aliphatic carbocycles. The molecule has 1 N–H and O–H groups in total. The number of ether oxygens (including phenoxy) is 1. The largest absolute Gasteiger partial charge is 0.466 e. The monoisotopic (exact) mass is 795 g/mol. The first kappa shape index (κ1) is 39.7. The highest BCUT2D eigenvalue weighted by atomic mass is 16.5. The first-order valence-electron chi connectivity index (χ1n) is 20.2. The molecule has 3 heterocycles. The molecule has 0 radical (unpaired) electrons. The van der Waals surface area contributed by atoms with E-state index in [2.05, 4.69) is 51.9 Å². The summed E-state index contributed by atoms with van der Waals surface area (Å²) < 4.78 is 7.25. The van der Waals surface area contributed by atoms with E-state index >= 15 is 0 Å². The molecule has 11 nitrogen and oxygen atoms in total. The summed E-state index contributed by atoms with van der Waals surface area (Å²) in [5.41, 5.74) is 4.05. The fourth-order valence-corrected chi connectivity index (χ4v) is 8.58. The first-order valence-corrected chi connectivity index (χ1v) is 20.2. The second-order valence-electron chi connectivity index (χ2n) is 14.8. The van der Waals surface area contributed by atoms with Crippen LogP contribution in [0.3, 0.4) is 0 Å². The van der Waals surface area contributed by atoms with Crippen LogP contribution >= 0.6 is 0 Å². The predicted molar refractivity (Wildman–Crippen MR) is 228 cm³/mol. The standard InChI is InChI=1S/C49H45N7O4/c1-3-16-43(57)44(51-48(47(59)60-2)31-15-34-55(48)46(58)37-29-32-50-33-30-37)36-27-25-35(26-28-36)41-23-13-14-24-42(41)45-52-53-54-56(45)49(38-17-7-4-8-18-38,39-19-9-5-10-20-39)40-21-11-6-12-22-40/h4-14,17-30,32-33,44,51H,3,15-16,31,34H2,1-2H3/t44-,48-/m0/s1. The molecule has 60 heavy (non-hydrogen) atoms. The normalized spacial score (nSPS) is 15.7. The molecule has 300 valence electrons. The van der Waals surface area contributed by atoms with Crippen molar-refractivity contribution in [2.45, 2.75) is 49.9 Å². The fraction of sp³-hybridized carbons (Fsp3) is 0.204. The van der Waals surface area contributed by atoms with Crippen LogP contribution in [-0.4, -0.2) is 67.1 Å². The van der Waals surface area contributed by atoms with E-state index in [1.54, 1.807) is 12.1 Å². The van der Waals surface area contributed by atoms with Gasteiger partial charge in [-0.05, 0) is 75.2 Å². The van der Waals surface area contributed by atoms with E-state index in [1.165, 1.54) is 24.4 Å². The summed E-state index contributed by atoms with van der Waals surface area (Å²) in [6.45, 7) is 2.25. The summed E-state index contributed by atoms with van der Waals surface area (Å²) in [5, 5.41) is 17.2. The number of rotatable bonds is 14. The number of hydrogen-bond donors (Lipinski definition) is 1. The van der Waals surface area contributed by atoms with Gasteiger partial charge in [0, 0.05) is 36.5 Å². The number of ketones is 1. The molecule has 0 saturated carbocycles. The lowest BCUT2D eigenvalue weighted by Crippen LogP contribution is -2.64. The number of Topliss-reactive ketones (excluding diaryl/α,β-unsaturated/α-hetero) is 1. The van der Waals surface area contributed by atoms with Gasteiger partial charge in [0.15, 0.2) is 17.3 Å². The van der Waals surface area contributed by atoms with Gasteiger partial charge in [-0.3, -0.25) is 19.9 Å². The smallest absolute Gasteiger partial charge is 0.347 e. The number of amides is 1. The Balaban J connectivity index is 1.21. The van der Waals surface area contributed by atoms with Crippen LogP contribution < -0.4 is 5.32 Å². The quantitative estimate of drug-likeness (QED) is 0.0858. The Hall–Kier alpha value is -7.11. The molecule has 8 rings (SSSR count). The number of likely N-dealkylation sites (tertiary alicyclic amines) is 1. The van der Waals surface area contributed by atoms with Crippen molar-refractivity contribution in [3.63, 3.8) is 0 Å². The number of carbonyl (C=O) groups excluding carboxylic acids is 3. The minimum Gasteiger partial charge on any atom is -0.466 e. The molecule has 1 fully saturated rings. The molecular formula is C49H45N7O4. The first-order chi connectivity index (χ1) is 29.4. The molecule has 5 aromatic carbocycles. The zero-order valence-corrected chi connectivity index (χ0v) is 33.5. The third-order valence-electron chi connectivity index (χ3n) is 11.4. The molecular weight excluding hydrogens is 751 g/mol. The van der Waals surface area contributed by atoms with E-state index in [9.17, 15) is 14.4 Å². The highest BCUT2D eigenvalue weighted by Crippen LogP contribution is 2.43. The number of aromatic nitrogens is 5. The van der Waals surface area contributed by atoms with E-state index in [1.807, 2.05) is 115 Å². The Morgan fingerprint density at radius 3 is 1.88 bits per heavy atom. The van der Waals surface area contributed by atoms with E-state index in [0.717, 1.165) is 33.4 Å². The summed E-state index contributed by atoms with van der Waals surface area (Å²) in [5.74, 6) is -0.517. The Bertz CT molecular complexity index is 2470. The molecule has 1 aliphatic rings. The molecule has 11 heteroatoms. The summed E-state index contributed by atoms with van der Waals surface area (Å²) >= 11 is 0. The lowest BCUT2D eigenvalue weighted by molar-refractivity contribution is -0.155. The SMILES string of the molecule is CCCC(=O)[C@@H](N[C@@]1(C(=O)OC)CCCN1C(=O)c1ccncc1)c1ccc(-c2ccccc2-c2nnnn2C(c2ccccc2)(c2ccccc2)c2ccccc2)cc1. The number of nitrogens with one attached hydrogen (secondary N) is 1. The van der Waals surface area contributed by atoms with Crippen LogP contribution in [0.15, 0.2) is 164 Å². The molecule has 1 amide bonds. The Morgan fingerprint density at radius 1 is 0.750 bits per heavy atom. The average molecular weight is 796 g/mol.